The quantitative estimate of drug-likeness (QED) is 0.606. The number of carbonyl (C=O) groups excluding carboxylic acids is 2. The number of hydrogen-bond donors (Lipinski definition) is 2. The molecule has 2 fully saturated rings. The van der Waals surface area contributed by atoms with Gasteiger partial charge in [0, 0.05) is 31.7 Å². The van der Waals surface area contributed by atoms with Crippen molar-refractivity contribution in [1.82, 2.24) is 19.8 Å². The van der Waals surface area contributed by atoms with Crippen molar-refractivity contribution in [3.63, 3.8) is 0 Å². The number of nitrogens with zero attached hydrogens (tertiary/aromatic N) is 2. The molecule has 2 N–H and O–H groups in total. The Bertz CT molecular complexity index is 950. The number of benzene rings is 1. The molecule has 34 heavy (non-hydrogen) atoms. The summed E-state index contributed by atoms with van der Waals surface area (Å²) in [6.07, 6.45) is 6.08. The van der Waals surface area contributed by atoms with E-state index in [0.29, 0.717) is 26.1 Å². The molecule has 1 aliphatic heterocycles. The molecular formula is C24H37FN4O4S. The van der Waals surface area contributed by atoms with Crippen LogP contribution in [0.5, 0.6) is 0 Å². The molecule has 3 unspecified atom stereocenters. The van der Waals surface area contributed by atoms with Gasteiger partial charge in [-0.15, -0.1) is 0 Å². The summed E-state index contributed by atoms with van der Waals surface area (Å²) in [4.78, 5) is 29.5. The van der Waals surface area contributed by atoms with Crippen LogP contribution in [0.3, 0.4) is 0 Å². The molecule has 1 aromatic carbocycles. The van der Waals surface area contributed by atoms with E-state index in [1.807, 2.05) is 20.8 Å². The van der Waals surface area contributed by atoms with E-state index < -0.39 is 21.9 Å². The largest absolute Gasteiger partial charge is 0.337 e. The normalized spacial score (nSPS) is 21.7. The van der Waals surface area contributed by atoms with Crippen LogP contribution in [0.25, 0.3) is 0 Å². The first-order chi connectivity index (χ1) is 16.1. The van der Waals surface area contributed by atoms with Crippen LogP contribution in [0.15, 0.2) is 29.2 Å². The summed E-state index contributed by atoms with van der Waals surface area (Å²) in [5.41, 5.74) is 0. The number of hydrogen-bond acceptors (Lipinski definition) is 4. The standard InChI is InChI=1S/C24H37FN4O4S/c1-4-17(2)22(27-34(32,33)21-12-10-19(25)11-13-21)23(30)28-14-15-29(18(3)16-28)24(31)26-20-8-6-5-7-9-20/h10-13,17-18,20,22,27H,4-9,14-16H2,1-3H3,(H,26,31). The molecule has 3 atom stereocenters. The van der Waals surface area contributed by atoms with Crippen LogP contribution < -0.4 is 10.0 Å². The van der Waals surface area contributed by atoms with E-state index in [9.17, 15) is 22.4 Å². The highest BCUT2D eigenvalue weighted by Gasteiger charge is 2.37. The van der Waals surface area contributed by atoms with Gasteiger partial charge in [-0.2, -0.15) is 4.72 Å². The average molecular weight is 497 g/mol. The molecule has 190 valence electrons. The van der Waals surface area contributed by atoms with Crippen molar-refractivity contribution in [3.05, 3.63) is 30.1 Å². The highest BCUT2D eigenvalue weighted by molar-refractivity contribution is 7.89. The zero-order chi connectivity index (χ0) is 24.9. The van der Waals surface area contributed by atoms with Gasteiger partial charge in [-0.05, 0) is 49.9 Å². The molecule has 1 aromatic rings. The predicted molar refractivity (Wildman–Crippen MR) is 128 cm³/mol. The van der Waals surface area contributed by atoms with Crippen LogP contribution in [0, 0.1) is 11.7 Å². The average Bonchev–Trinajstić information content (AvgIpc) is 2.82. The minimum atomic E-state index is -4.01. The molecule has 0 radical (unpaired) electrons. The maximum absolute atomic E-state index is 13.4. The lowest BCUT2D eigenvalue weighted by molar-refractivity contribution is -0.136. The molecule has 1 aliphatic carbocycles. The van der Waals surface area contributed by atoms with Gasteiger partial charge in [0.2, 0.25) is 15.9 Å². The number of carbonyl (C=O) groups is 2. The van der Waals surface area contributed by atoms with E-state index in [4.69, 9.17) is 0 Å². The Morgan fingerprint density at radius 1 is 1.12 bits per heavy atom. The monoisotopic (exact) mass is 496 g/mol. The van der Waals surface area contributed by atoms with E-state index in [1.165, 1.54) is 18.6 Å². The van der Waals surface area contributed by atoms with Crippen LogP contribution >= 0.6 is 0 Å². The molecule has 1 saturated carbocycles. The number of amides is 3. The Balaban J connectivity index is 1.65. The number of piperazine rings is 1. The van der Waals surface area contributed by atoms with Gasteiger partial charge in [-0.25, -0.2) is 17.6 Å². The molecule has 2 aliphatic rings. The molecule has 10 heteroatoms. The van der Waals surface area contributed by atoms with Crippen LogP contribution in [-0.2, 0) is 14.8 Å². The summed E-state index contributed by atoms with van der Waals surface area (Å²) in [5.74, 6) is -1.09. The fraction of sp³-hybridized carbons (Fsp3) is 0.667. The Morgan fingerprint density at radius 2 is 1.76 bits per heavy atom. The molecule has 0 spiro atoms. The maximum atomic E-state index is 13.4. The van der Waals surface area contributed by atoms with Crippen LogP contribution in [0.2, 0.25) is 0 Å². The van der Waals surface area contributed by atoms with Gasteiger partial charge in [0.05, 0.1) is 4.90 Å². The number of nitrogens with one attached hydrogen (secondary N) is 2. The second-order valence-corrected chi connectivity index (χ2v) is 11.3. The number of urea groups is 1. The first-order valence-electron chi connectivity index (χ1n) is 12.3. The van der Waals surface area contributed by atoms with Gasteiger partial charge in [-0.3, -0.25) is 4.79 Å². The van der Waals surface area contributed by atoms with Crippen LogP contribution in [0.1, 0.15) is 59.3 Å². The summed E-state index contributed by atoms with van der Waals surface area (Å²) < 4.78 is 41.6. The van der Waals surface area contributed by atoms with Gasteiger partial charge in [0.25, 0.3) is 0 Å². The first kappa shape index (κ1) is 26.4. The second kappa shape index (κ2) is 11.5. The molecule has 0 aromatic heterocycles. The van der Waals surface area contributed by atoms with Gasteiger partial charge < -0.3 is 15.1 Å². The summed E-state index contributed by atoms with van der Waals surface area (Å²) in [6.45, 7) is 6.69. The minimum Gasteiger partial charge on any atom is -0.337 e. The van der Waals surface area contributed by atoms with Crippen molar-refractivity contribution in [3.8, 4) is 0 Å². The van der Waals surface area contributed by atoms with Crippen LogP contribution in [-0.4, -0.2) is 67.9 Å². The van der Waals surface area contributed by atoms with E-state index >= 15 is 0 Å². The predicted octanol–water partition coefficient (Wildman–Crippen LogP) is 3.09. The fourth-order valence-corrected chi connectivity index (χ4v) is 5.95. The van der Waals surface area contributed by atoms with Crippen molar-refractivity contribution < 1.29 is 22.4 Å². The van der Waals surface area contributed by atoms with Crippen molar-refractivity contribution in [2.24, 2.45) is 5.92 Å². The molecule has 1 saturated heterocycles. The lowest BCUT2D eigenvalue weighted by Gasteiger charge is -2.42. The fourth-order valence-electron chi connectivity index (χ4n) is 4.66. The Morgan fingerprint density at radius 3 is 2.35 bits per heavy atom. The number of halogens is 1. The zero-order valence-electron chi connectivity index (χ0n) is 20.3. The second-order valence-electron chi connectivity index (χ2n) is 9.55. The van der Waals surface area contributed by atoms with E-state index in [0.717, 1.165) is 37.8 Å². The molecular weight excluding hydrogens is 459 g/mol. The summed E-state index contributed by atoms with van der Waals surface area (Å²) in [7, 11) is -4.01. The zero-order valence-corrected chi connectivity index (χ0v) is 21.1. The third-order valence-corrected chi connectivity index (χ3v) is 8.47. The molecule has 3 rings (SSSR count). The van der Waals surface area contributed by atoms with Gasteiger partial charge in [-0.1, -0.05) is 39.5 Å². The summed E-state index contributed by atoms with van der Waals surface area (Å²) in [5, 5.41) is 3.13. The Labute approximate surface area is 202 Å². The lowest BCUT2D eigenvalue weighted by atomic mass is 9.95. The van der Waals surface area contributed by atoms with Crippen LogP contribution in [0.4, 0.5) is 9.18 Å². The smallest absolute Gasteiger partial charge is 0.317 e. The third-order valence-electron chi connectivity index (χ3n) is 7.02. The Kier molecular flexibility index (Phi) is 8.92. The summed E-state index contributed by atoms with van der Waals surface area (Å²) in [6, 6.07) is 3.50. The van der Waals surface area contributed by atoms with E-state index in [1.54, 1.807) is 9.80 Å². The van der Waals surface area contributed by atoms with Gasteiger partial charge in [0.15, 0.2) is 0 Å². The van der Waals surface area contributed by atoms with E-state index in [-0.39, 0.29) is 34.8 Å². The molecule has 8 nitrogen and oxygen atoms in total. The van der Waals surface area contributed by atoms with Crippen molar-refractivity contribution >= 4 is 22.0 Å². The summed E-state index contributed by atoms with van der Waals surface area (Å²) >= 11 is 0. The highest BCUT2D eigenvalue weighted by atomic mass is 32.2. The van der Waals surface area contributed by atoms with E-state index in [2.05, 4.69) is 10.0 Å². The maximum Gasteiger partial charge on any atom is 0.317 e. The molecule has 0 bridgehead atoms. The SMILES string of the molecule is CCC(C)C(NS(=O)(=O)c1ccc(F)cc1)C(=O)N1CCN(C(=O)NC2CCCCC2)C(C)C1. The molecule has 1 heterocycles. The minimum absolute atomic E-state index is 0.0902. The van der Waals surface area contributed by atoms with Gasteiger partial charge >= 0.3 is 6.03 Å². The molecule has 3 amide bonds. The van der Waals surface area contributed by atoms with Gasteiger partial charge in [0.1, 0.15) is 11.9 Å². The number of sulfonamides is 1. The van der Waals surface area contributed by atoms with Crippen molar-refractivity contribution in [2.75, 3.05) is 19.6 Å². The van der Waals surface area contributed by atoms with Crippen molar-refractivity contribution in [1.29, 1.82) is 0 Å². The number of rotatable bonds is 7. The topological polar surface area (TPSA) is 98.8 Å². The highest BCUT2D eigenvalue weighted by Crippen LogP contribution is 2.20. The van der Waals surface area contributed by atoms with Crippen molar-refractivity contribution in [2.45, 2.75) is 82.3 Å². The lowest BCUT2D eigenvalue weighted by Crippen LogP contribution is -2.61. The third kappa shape index (κ3) is 6.47. The first-order valence-corrected chi connectivity index (χ1v) is 13.7. The Hall–Kier alpha value is -2.20.